The van der Waals surface area contributed by atoms with Gasteiger partial charge in [-0.3, -0.25) is 0 Å². The zero-order chi connectivity index (χ0) is 15.5. The number of aryl methyl sites for hydroxylation is 2. The highest BCUT2D eigenvalue weighted by atomic mass is 16.5. The van der Waals surface area contributed by atoms with Gasteiger partial charge in [0.05, 0.1) is 12.1 Å². The summed E-state index contributed by atoms with van der Waals surface area (Å²) >= 11 is 0. The van der Waals surface area contributed by atoms with Gasteiger partial charge in [-0.25, -0.2) is 4.98 Å². The van der Waals surface area contributed by atoms with Crippen LogP contribution in [0.5, 0.6) is 0 Å². The van der Waals surface area contributed by atoms with Crippen molar-refractivity contribution in [2.45, 2.75) is 26.9 Å². The summed E-state index contributed by atoms with van der Waals surface area (Å²) in [5.41, 5.74) is 0.800. The minimum atomic E-state index is 0.477. The molecule has 0 aliphatic heterocycles. The Morgan fingerprint density at radius 2 is 2.18 bits per heavy atom. The lowest BCUT2D eigenvalue weighted by atomic mass is 10.3. The van der Waals surface area contributed by atoms with E-state index in [-0.39, 0.29) is 0 Å². The fourth-order valence-corrected chi connectivity index (χ4v) is 2.11. The Balaban J connectivity index is 1.75. The standard InChI is InChI=1S/C14H17N7O/c1-4-21-9-16-18-13(21)8-20(3)12-6-5-11(7-15-12)14-17-10(2)19-22-14/h5-7,9H,4,8H2,1-3H3. The maximum absolute atomic E-state index is 5.13. The van der Waals surface area contributed by atoms with Crippen molar-refractivity contribution in [3.63, 3.8) is 0 Å². The minimum Gasteiger partial charge on any atom is -0.352 e. The second-order valence-corrected chi connectivity index (χ2v) is 4.94. The van der Waals surface area contributed by atoms with E-state index in [0.717, 1.165) is 23.8 Å². The zero-order valence-electron chi connectivity index (χ0n) is 12.8. The monoisotopic (exact) mass is 299 g/mol. The SMILES string of the molecule is CCn1cnnc1CN(C)c1ccc(-c2nc(C)no2)cn1. The van der Waals surface area contributed by atoms with Gasteiger partial charge in [-0.1, -0.05) is 5.16 Å². The van der Waals surface area contributed by atoms with Crippen LogP contribution in [0.1, 0.15) is 18.6 Å². The molecule has 0 radical (unpaired) electrons. The van der Waals surface area contributed by atoms with Gasteiger partial charge in [-0.2, -0.15) is 4.98 Å². The molecule has 0 saturated heterocycles. The lowest BCUT2D eigenvalue weighted by Gasteiger charge is -2.17. The highest BCUT2D eigenvalue weighted by molar-refractivity contribution is 5.54. The molecule has 3 aromatic rings. The first-order valence-corrected chi connectivity index (χ1v) is 7.02. The first-order chi connectivity index (χ1) is 10.7. The number of pyridine rings is 1. The van der Waals surface area contributed by atoms with E-state index in [1.54, 1.807) is 19.4 Å². The lowest BCUT2D eigenvalue weighted by Crippen LogP contribution is -2.20. The molecule has 0 bridgehead atoms. The number of anilines is 1. The number of aromatic nitrogens is 6. The predicted octanol–water partition coefficient (Wildman–Crippen LogP) is 1.69. The van der Waals surface area contributed by atoms with Crippen molar-refractivity contribution in [2.75, 3.05) is 11.9 Å². The topological polar surface area (TPSA) is 85.8 Å². The number of hydrogen-bond acceptors (Lipinski definition) is 7. The third-order valence-corrected chi connectivity index (χ3v) is 3.33. The van der Waals surface area contributed by atoms with Crippen LogP contribution < -0.4 is 4.90 Å². The van der Waals surface area contributed by atoms with Gasteiger partial charge in [0.2, 0.25) is 0 Å². The van der Waals surface area contributed by atoms with Gasteiger partial charge in [0.15, 0.2) is 11.6 Å². The van der Waals surface area contributed by atoms with Crippen molar-refractivity contribution in [2.24, 2.45) is 0 Å². The van der Waals surface area contributed by atoms with E-state index in [1.807, 2.05) is 28.6 Å². The van der Waals surface area contributed by atoms with Gasteiger partial charge in [0, 0.05) is 19.8 Å². The Labute approximate surface area is 127 Å². The molecule has 3 rings (SSSR count). The molecule has 0 aliphatic rings. The third kappa shape index (κ3) is 2.80. The molecule has 0 saturated carbocycles. The Morgan fingerprint density at radius 3 is 2.82 bits per heavy atom. The van der Waals surface area contributed by atoms with E-state index in [1.165, 1.54) is 0 Å². The molecule has 0 unspecified atom stereocenters. The van der Waals surface area contributed by atoms with Crippen LogP contribution >= 0.6 is 0 Å². The van der Waals surface area contributed by atoms with Crippen LogP contribution in [-0.2, 0) is 13.1 Å². The average Bonchev–Trinajstić information content (AvgIpc) is 3.16. The van der Waals surface area contributed by atoms with Crippen LogP contribution in [0.15, 0.2) is 29.2 Å². The molecule has 0 atom stereocenters. The van der Waals surface area contributed by atoms with E-state index >= 15 is 0 Å². The van der Waals surface area contributed by atoms with Crippen molar-refractivity contribution in [3.8, 4) is 11.5 Å². The molecule has 3 heterocycles. The zero-order valence-corrected chi connectivity index (χ0v) is 12.8. The molecule has 0 aliphatic carbocycles. The second-order valence-electron chi connectivity index (χ2n) is 4.94. The third-order valence-electron chi connectivity index (χ3n) is 3.33. The highest BCUT2D eigenvalue weighted by Gasteiger charge is 2.11. The summed E-state index contributed by atoms with van der Waals surface area (Å²) in [5.74, 6) is 2.83. The van der Waals surface area contributed by atoms with Gasteiger partial charge in [-0.05, 0) is 26.0 Å². The van der Waals surface area contributed by atoms with E-state index in [2.05, 4.69) is 32.2 Å². The normalized spacial score (nSPS) is 10.9. The molecule has 114 valence electrons. The quantitative estimate of drug-likeness (QED) is 0.708. The number of rotatable bonds is 5. The molecule has 0 fully saturated rings. The van der Waals surface area contributed by atoms with Crippen molar-refractivity contribution in [1.82, 2.24) is 29.9 Å². The van der Waals surface area contributed by atoms with E-state index in [0.29, 0.717) is 18.3 Å². The van der Waals surface area contributed by atoms with Gasteiger partial charge in [0.1, 0.15) is 12.1 Å². The summed E-state index contributed by atoms with van der Waals surface area (Å²) in [5, 5.41) is 11.8. The maximum atomic E-state index is 5.13. The van der Waals surface area contributed by atoms with Crippen molar-refractivity contribution in [3.05, 3.63) is 36.3 Å². The van der Waals surface area contributed by atoms with E-state index in [9.17, 15) is 0 Å². The van der Waals surface area contributed by atoms with E-state index in [4.69, 9.17) is 4.52 Å². The Kier molecular flexibility index (Phi) is 3.82. The Hall–Kier alpha value is -2.77. The molecule has 3 aromatic heterocycles. The van der Waals surface area contributed by atoms with Crippen molar-refractivity contribution in [1.29, 1.82) is 0 Å². The summed E-state index contributed by atoms with van der Waals surface area (Å²) in [4.78, 5) is 10.6. The molecule has 0 aromatic carbocycles. The maximum Gasteiger partial charge on any atom is 0.259 e. The molecule has 8 nitrogen and oxygen atoms in total. The predicted molar refractivity (Wildman–Crippen MR) is 80.1 cm³/mol. The average molecular weight is 299 g/mol. The Morgan fingerprint density at radius 1 is 1.32 bits per heavy atom. The van der Waals surface area contributed by atoms with Crippen molar-refractivity contribution >= 4 is 5.82 Å². The first-order valence-electron chi connectivity index (χ1n) is 7.02. The first kappa shape index (κ1) is 14.2. The molecular weight excluding hydrogens is 282 g/mol. The summed E-state index contributed by atoms with van der Waals surface area (Å²) in [6.45, 7) is 5.33. The van der Waals surface area contributed by atoms with Crippen LogP contribution in [0.2, 0.25) is 0 Å². The second kappa shape index (κ2) is 5.92. The van der Waals surface area contributed by atoms with Gasteiger partial charge < -0.3 is 14.0 Å². The van der Waals surface area contributed by atoms with Crippen LogP contribution in [0.25, 0.3) is 11.5 Å². The fourth-order valence-electron chi connectivity index (χ4n) is 2.11. The van der Waals surface area contributed by atoms with Gasteiger partial charge >= 0.3 is 0 Å². The van der Waals surface area contributed by atoms with Gasteiger partial charge in [0.25, 0.3) is 5.89 Å². The molecule has 0 amide bonds. The van der Waals surface area contributed by atoms with Crippen LogP contribution in [0.3, 0.4) is 0 Å². The summed E-state index contributed by atoms with van der Waals surface area (Å²) < 4.78 is 7.14. The van der Waals surface area contributed by atoms with Crippen LogP contribution in [0, 0.1) is 6.92 Å². The molecule has 8 heteroatoms. The fraction of sp³-hybridized carbons (Fsp3) is 0.357. The summed E-state index contributed by atoms with van der Waals surface area (Å²) in [7, 11) is 1.97. The van der Waals surface area contributed by atoms with Crippen molar-refractivity contribution < 1.29 is 4.52 Å². The van der Waals surface area contributed by atoms with E-state index < -0.39 is 0 Å². The Bertz CT molecular complexity index is 747. The highest BCUT2D eigenvalue weighted by Crippen LogP contribution is 2.19. The lowest BCUT2D eigenvalue weighted by molar-refractivity contribution is 0.425. The minimum absolute atomic E-state index is 0.477. The summed E-state index contributed by atoms with van der Waals surface area (Å²) in [6, 6.07) is 3.83. The smallest absolute Gasteiger partial charge is 0.259 e. The molecule has 22 heavy (non-hydrogen) atoms. The number of hydrogen-bond donors (Lipinski definition) is 0. The molecular formula is C14H17N7O. The summed E-state index contributed by atoms with van der Waals surface area (Å²) in [6.07, 6.45) is 3.46. The largest absolute Gasteiger partial charge is 0.352 e. The van der Waals surface area contributed by atoms with Crippen LogP contribution in [-0.4, -0.2) is 36.9 Å². The van der Waals surface area contributed by atoms with Gasteiger partial charge in [-0.15, -0.1) is 10.2 Å². The van der Waals surface area contributed by atoms with Crippen LogP contribution in [0.4, 0.5) is 5.82 Å². The number of nitrogens with zero attached hydrogens (tertiary/aromatic N) is 7. The molecule has 0 N–H and O–H groups in total. The molecule has 0 spiro atoms.